The second kappa shape index (κ2) is 8.63. The molecular weight excluding hydrogens is 350 g/mol. The van der Waals surface area contributed by atoms with Gasteiger partial charge in [0.1, 0.15) is 0 Å². The summed E-state index contributed by atoms with van der Waals surface area (Å²) < 4.78 is 44.9. The van der Waals surface area contributed by atoms with Gasteiger partial charge in [-0.05, 0) is 43.0 Å². The van der Waals surface area contributed by atoms with Gasteiger partial charge in [0.05, 0.1) is 19.8 Å². The zero-order valence-electron chi connectivity index (χ0n) is 15.4. The van der Waals surface area contributed by atoms with Crippen LogP contribution in [0.5, 0.6) is 5.75 Å². The third-order valence-corrected chi connectivity index (χ3v) is 4.53. The number of benzene rings is 2. The van der Waals surface area contributed by atoms with Crippen LogP contribution < -0.4 is 4.74 Å². The fourth-order valence-corrected chi connectivity index (χ4v) is 3.02. The van der Waals surface area contributed by atoms with Crippen LogP contribution in [0.3, 0.4) is 0 Å². The van der Waals surface area contributed by atoms with Crippen molar-refractivity contribution in [3.8, 4) is 16.9 Å². The summed E-state index contributed by atoms with van der Waals surface area (Å²) in [7, 11) is 0. The summed E-state index contributed by atoms with van der Waals surface area (Å²) in [6, 6.07) is 12.3. The number of hydrogen-bond acceptors (Lipinski definition) is 3. The average molecular weight is 374 g/mol. The molecule has 27 heavy (non-hydrogen) atoms. The predicted octanol–water partition coefficient (Wildman–Crippen LogP) is 5.61. The van der Waals surface area contributed by atoms with Crippen LogP contribution in [0, 0.1) is 5.82 Å². The second-order valence-electron chi connectivity index (χ2n) is 6.63. The lowest BCUT2D eigenvalue weighted by molar-refractivity contribution is -0.238. The maximum Gasteiger partial charge on any atom is 0.184 e. The molecule has 0 bridgehead atoms. The lowest BCUT2D eigenvalue weighted by atomic mass is 10.00. The highest BCUT2D eigenvalue weighted by atomic mass is 19.1. The molecule has 0 amide bonds. The fraction of sp³-hybridized carbons (Fsp3) is 0.364. The Hall–Kier alpha value is -2.24. The monoisotopic (exact) mass is 374 g/mol. The number of alkyl halides is 1. The topological polar surface area (TPSA) is 27.7 Å². The van der Waals surface area contributed by atoms with Crippen LogP contribution >= 0.6 is 0 Å². The SMILES string of the molecule is C=CCCC1(F)COC(c2ccc(-c3ccc(OCC)c(F)c3)cc2)OC1. The first-order valence-electron chi connectivity index (χ1n) is 9.10. The van der Waals surface area contributed by atoms with E-state index in [1.165, 1.54) is 6.07 Å². The zero-order chi connectivity index (χ0) is 19.3. The van der Waals surface area contributed by atoms with Crippen molar-refractivity contribution >= 4 is 0 Å². The molecular formula is C22H24F2O3. The maximum absolute atomic E-state index is 14.5. The van der Waals surface area contributed by atoms with Gasteiger partial charge in [-0.1, -0.05) is 36.4 Å². The smallest absolute Gasteiger partial charge is 0.184 e. The van der Waals surface area contributed by atoms with Gasteiger partial charge in [-0.25, -0.2) is 8.78 Å². The van der Waals surface area contributed by atoms with Crippen molar-refractivity contribution in [3.05, 3.63) is 66.5 Å². The molecule has 144 valence electrons. The quantitative estimate of drug-likeness (QED) is 0.590. The summed E-state index contributed by atoms with van der Waals surface area (Å²) in [5, 5.41) is 0. The number of hydrogen-bond donors (Lipinski definition) is 0. The molecule has 0 radical (unpaired) electrons. The summed E-state index contributed by atoms with van der Waals surface area (Å²) in [6.07, 6.45) is 2.02. The van der Waals surface area contributed by atoms with Crippen molar-refractivity contribution in [2.24, 2.45) is 0 Å². The molecule has 0 atom stereocenters. The van der Waals surface area contributed by atoms with E-state index in [1.54, 1.807) is 12.1 Å². The van der Waals surface area contributed by atoms with Gasteiger partial charge in [0.25, 0.3) is 0 Å². The first-order valence-corrected chi connectivity index (χ1v) is 9.10. The standard InChI is InChI=1S/C22H24F2O3/c1-3-5-12-22(24)14-26-21(27-15-22)17-8-6-16(7-9-17)18-10-11-20(25-4-2)19(23)13-18/h3,6-11,13,21H,1,4-5,12,14-15H2,2H3. The Morgan fingerprint density at radius 1 is 1.15 bits per heavy atom. The van der Waals surface area contributed by atoms with Crippen LogP contribution in [-0.4, -0.2) is 25.5 Å². The lowest BCUT2D eigenvalue weighted by Gasteiger charge is -2.34. The first-order chi connectivity index (χ1) is 13.0. The van der Waals surface area contributed by atoms with E-state index in [-0.39, 0.29) is 19.0 Å². The fourth-order valence-electron chi connectivity index (χ4n) is 3.02. The van der Waals surface area contributed by atoms with Gasteiger partial charge in [0, 0.05) is 5.56 Å². The summed E-state index contributed by atoms with van der Waals surface area (Å²) >= 11 is 0. The molecule has 3 rings (SSSR count). The normalized spacial score (nSPS) is 22.4. The van der Waals surface area contributed by atoms with E-state index in [9.17, 15) is 8.78 Å². The van der Waals surface area contributed by atoms with Crippen molar-refractivity contribution < 1.29 is 23.0 Å². The average Bonchev–Trinajstić information content (AvgIpc) is 2.69. The Bertz CT molecular complexity index is 766. The molecule has 0 saturated carbocycles. The van der Waals surface area contributed by atoms with Gasteiger partial charge in [0.15, 0.2) is 23.5 Å². The van der Waals surface area contributed by atoms with Crippen LogP contribution in [-0.2, 0) is 9.47 Å². The molecule has 5 heteroatoms. The lowest BCUT2D eigenvalue weighted by Crippen LogP contribution is -2.41. The summed E-state index contributed by atoms with van der Waals surface area (Å²) in [5.41, 5.74) is 0.947. The summed E-state index contributed by atoms with van der Waals surface area (Å²) in [5.74, 6) is -0.149. The van der Waals surface area contributed by atoms with E-state index in [0.717, 1.165) is 16.7 Å². The molecule has 0 unspecified atom stereocenters. The van der Waals surface area contributed by atoms with E-state index in [2.05, 4.69) is 6.58 Å². The van der Waals surface area contributed by atoms with Crippen LogP contribution in [0.2, 0.25) is 0 Å². The minimum atomic E-state index is -1.47. The van der Waals surface area contributed by atoms with E-state index in [1.807, 2.05) is 37.3 Å². The largest absolute Gasteiger partial charge is 0.491 e. The van der Waals surface area contributed by atoms with E-state index in [4.69, 9.17) is 14.2 Å². The Morgan fingerprint density at radius 3 is 2.41 bits per heavy atom. The zero-order valence-corrected chi connectivity index (χ0v) is 15.4. The molecule has 1 fully saturated rings. The Kier molecular flexibility index (Phi) is 6.24. The van der Waals surface area contributed by atoms with Crippen LogP contribution in [0.1, 0.15) is 31.6 Å². The minimum Gasteiger partial charge on any atom is -0.491 e. The Balaban J connectivity index is 1.66. The molecule has 2 aromatic rings. The van der Waals surface area contributed by atoms with Gasteiger partial charge in [0.2, 0.25) is 0 Å². The Labute approximate surface area is 158 Å². The first kappa shape index (κ1) is 19.5. The summed E-state index contributed by atoms with van der Waals surface area (Å²) in [4.78, 5) is 0. The molecule has 3 nitrogen and oxygen atoms in total. The van der Waals surface area contributed by atoms with Crippen LogP contribution in [0.4, 0.5) is 8.78 Å². The van der Waals surface area contributed by atoms with Gasteiger partial charge < -0.3 is 14.2 Å². The Morgan fingerprint density at radius 2 is 1.81 bits per heavy atom. The number of ether oxygens (including phenoxy) is 3. The van der Waals surface area contributed by atoms with E-state index < -0.39 is 17.8 Å². The molecule has 1 heterocycles. The highest BCUT2D eigenvalue weighted by Crippen LogP contribution is 2.33. The number of allylic oxidation sites excluding steroid dienone is 1. The van der Waals surface area contributed by atoms with Crippen molar-refractivity contribution in [1.82, 2.24) is 0 Å². The van der Waals surface area contributed by atoms with Gasteiger partial charge >= 0.3 is 0 Å². The molecule has 1 saturated heterocycles. The molecule has 0 aromatic heterocycles. The second-order valence-corrected chi connectivity index (χ2v) is 6.63. The van der Waals surface area contributed by atoms with Gasteiger partial charge in [-0.15, -0.1) is 6.58 Å². The van der Waals surface area contributed by atoms with Crippen molar-refractivity contribution in [2.45, 2.75) is 31.7 Å². The minimum absolute atomic E-state index is 0.00262. The molecule has 1 aliphatic rings. The van der Waals surface area contributed by atoms with E-state index in [0.29, 0.717) is 19.4 Å². The highest BCUT2D eigenvalue weighted by molar-refractivity contribution is 5.64. The van der Waals surface area contributed by atoms with Crippen LogP contribution in [0.25, 0.3) is 11.1 Å². The van der Waals surface area contributed by atoms with Crippen molar-refractivity contribution in [3.63, 3.8) is 0 Å². The third-order valence-electron chi connectivity index (χ3n) is 4.53. The van der Waals surface area contributed by atoms with Crippen LogP contribution in [0.15, 0.2) is 55.1 Å². The summed E-state index contributed by atoms with van der Waals surface area (Å²) in [6.45, 7) is 5.84. The molecule has 2 aromatic carbocycles. The van der Waals surface area contributed by atoms with Gasteiger partial charge in [-0.3, -0.25) is 0 Å². The number of halogens is 2. The molecule has 1 aliphatic heterocycles. The van der Waals surface area contributed by atoms with E-state index >= 15 is 0 Å². The molecule has 0 spiro atoms. The van der Waals surface area contributed by atoms with Gasteiger partial charge in [-0.2, -0.15) is 0 Å². The molecule has 0 N–H and O–H groups in total. The van der Waals surface area contributed by atoms with Crippen molar-refractivity contribution in [1.29, 1.82) is 0 Å². The predicted molar refractivity (Wildman–Crippen MR) is 101 cm³/mol. The van der Waals surface area contributed by atoms with Crippen molar-refractivity contribution in [2.75, 3.05) is 19.8 Å². The highest BCUT2D eigenvalue weighted by Gasteiger charge is 2.36. The number of rotatable bonds is 7. The third kappa shape index (κ3) is 4.73. The maximum atomic E-state index is 14.5. The molecule has 0 aliphatic carbocycles.